The van der Waals surface area contributed by atoms with Gasteiger partial charge in [-0.2, -0.15) is 0 Å². The molecule has 254 valence electrons. The molecule has 0 aliphatic carbocycles. The van der Waals surface area contributed by atoms with Crippen molar-refractivity contribution in [2.45, 2.75) is 31.3 Å². The molecule has 3 aromatic carbocycles. The molecule has 0 amide bonds. The third-order valence-corrected chi connectivity index (χ3v) is 8.55. The Morgan fingerprint density at radius 3 is 2.06 bits per heavy atom. The van der Waals surface area contributed by atoms with E-state index in [-0.39, 0.29) is 30.2 Å². The number of benzene rings is 3. The van der Waals surface area contributed by atoms with Gasteiger partial charge in [-0.1, -0.05) is 12.1 Å². The first-order chi connectivity index (χ1) is 23.1. The van der Waals surface area contributed by atoms with Crippen LogP contribution in [0, 0.1) is 0 Å². The zero-order chi connectivity index (χ0) is 34.5. The van der Waals surface area contributed by atoms with Crippen LogP contribution in [0.1, 0.15) is 52.2 Å². The van der Waals surface area contributed by atoms with Crippen molar-refractivity contribution < 1.29 is 47.8 Å². The number of ether oxygens (including phenoxy) is 6. The van der Waals surface area contributed by atoms with Crippen molar-refractivity contribution in [3.63, 3.8) is 0 Å². The number of phenolic OH excluding ortho intramolecular Hbond substituents is 1. The molecule has 2 atom stereocenters. The van der Waals surface area contributed by atoms with E-state index < -0.39 is 29.1 Å². The van der Waals surface area contributed by atoms with Gasteiger partial charge in [-0.05, 0) is 65.1 Å². The summed E-state index contributed by atoms with van der Waals surface area (Å²) in [5.74, 6) is 0.700. The van der Waals surface area contributed by atoms with Crippen LogP contribution >= 0.6 is 0 Å². The largest absolute Gasteiger partial charge is 0.508 e. The van der Waals surface area contributed by atoms with Crippen LogP contribution in [0.2, 0.25) is 0 Å². The molecule has 12 heteroatoms. The van der Waals surface area contributed by atoms with Gasteiger partial charge in [0, 0.05) is 12.6 Å². The van der Waals surface area contributed by atoms with Crippen molar-refractivity contribution in [3.05, 3.63) is 98.6 Å². The maximum Gasteiger partial charge on any atom is 0.306 e. The molecule has 0 fully saturated rings. The van der Waals surface area contributed by atoms with Gasteiger partial charge >= 0.3 is 5.97 Å². The molecule has 2 N–H and O–H groups in total. The number of rotatable bonds is 12. The highest BCUT2D eigenvalue weighted by atomic mass is 16.5. The number of phenols is 1. The molecule has 0 unspecified atom stereocenters. The van der Waals surface area contributed by atoms with E-state index in [0.29, 0.717) is 47.3 Å². The molecular formula is C36H39NO11. The van der Waals surface area contributed by atoms with Crippen molar-refractivity contribution >= 4 is 5.97 Å². The van der Waals surface area contributed by atoms with E-state index in [2.05, 4.69) is 4.90 Å². The highest BCUT2D eigenvalue weighted by Crippen LogP contribution is 2.46. The summed E-state index contributed by atoms with van der Waals surface area (Å²) < 4.78 is 39.4. The summed E-state index contributed by atoms with van der Waals surface area (Å²) in [6.07, 6.45) is 0.429. The number of hydrogen-bond donors (Lipinski definition) is 2. The molecule has 12 nitrogen and oxygen atoms in total. The second-order valence-corrected chi connectivity index (χ2v) is 11.2. The van der Waals surface area contributed by atoms with Crippen LogP contribution < -0.4 is 29.1 Å². The molecule has 2 heterocycles. The number of fused-ring (bicyclic) bond motifs is 1. The lowest BCUT2D eigenvalue weighted by molar-refractivity contribution is -0.140. The lowest BCUT2D eigenvalue weighted by Crippen LogP contribution is -2.36. The van der Waals surface area contributed by atoms with E-state index in [1.807, 2.05) is 24.3 Å². The van der Waals surface area contributed by atoms with Crippen molar-refractivity contribution in [2.75, 3.05) is 49.2 Å². The standard InChI is InChI=1S/C36H39NO11/c1-42-28-13-21-11-12-37(33(25(21)17-29(28)43-2)22-14-30(44-3)36(47-6)31(15-22)45-4)19-24-16-27(39)34(41)35(48-24)26(18-32(40)46-5)20-7-9-23(38)10-8-20/h7-10,13-17,26,33,38,41H,11-12,18-19H2,1-6H3/t26-,33+/m0/s1. The average molecular weight is 662 g/mol. The van der Waals surface area contributed by atoms with Crippen molar-refractivity contribution in [1.82, 2.24) is 4.90 Å². The minimum Gasteiger partial charge on any atom is -0.508 e. The van der Waals surface area contributed by atoms with Crippen molar-refractivity contribution in [1.29, 1.82) is 0 Å². The highest BCUT2D eigenvalue weighted by molar-refractivity contribution is 5.71. The van der Waals surface area contributed by atoms with Crippen LogP contribution in [0.3, 0.4) is 0 Å². The van der Waals surface area contributed by atoms with Gasteiger partial charge in [0.25, 0.3) is 0 Å². The molecule has 4 aromatic rings. The fraction of sp³-hybridized carbons (Fsp3) is 0.333. The SMILES string of the molecule is COC(=O)C[C@@H](c1ccc(O)cc1)c1oc(CN2CCc3cc(OC)c(OC)cc3[C@H]2c2cc(OC)c(OC)c(OC)c2)cc(=O)c1O. The van der Waals surface area contributed by atoms with Crippen LogP contribution in [0.15, 0.2) is 63.8 Å². The van der Waals surface area contributed by atoms with Crippen LogP contribution in [0.5, 0.6) is 40.2 Å². The Morgan fingerprint density at radius 2 is 1.48 bits per heavy atom. The summed E-state index contributed by atoms with van der Waals surface area (Å²) >= 11 is 0. The zero-order valence-corrected chi connectivity index (χ0v) is 27.7. The van der Waals surface area contributed by atoms with Gasteiger partial charge in [0.05, 0.1) is 67.6 Å². The van der Waals surface area contributed by atoms with Crippen LogP contribution in [0.4, 0.5) is 0 Å². The number of hydrogen-bond acceptors (Lipinski definition) is 12. The molecule has 0 saturated heterocycles. The number of methoxy groups -OCH3 is 6. The molecule has 0 spiro atoms. The Bertz CT molecular complexity index is 1810. The first-order valence-electron chi connectivity index (χ1n) is 15.2. The number of aromatic hydroxyl groups is 2. The van der Waals surface area contributed by atoms with Gasteiger partial charge in [0.1, 0.15) is 11.5 Å². The lowest BCUT2D eigenvalue weighted by Gasteiger charge is -2.38. The van der Waals surface area contributed by atoms with E-state index in [4.69, 9.17) is 32.8 Å². The normalized spacial score (nSPS) is 14.8. The van der Waals surface area contributed by atoms with Crippen molar-refractivity contribution in [2.24, 2.45) is 0 Å². The Labute approximate surface area is 277 Å². The maximum absolute atomic E-state index is 13.2. The summed E-state index contributed by atoms with van der Waals surface area (Å²) in [5, 5.41) is 20.8. The topological polar surface area (TPSA) is 146 Å². The second-order valence-electron chi connectivity index (χ2n) is 11.2. The summed E-state index contributed by atoms with van der Waals surface area (Å²) in [5.41, 5.74) is 2.67. The van der Waals surface area contributed by atoms with E-state index in [9.17, 15) is 19.8 Å². The first kappa shape index (κ1) is 34.0. The van der Waals surface area contributed by atoms with E-state index >= 15 is 0 Å². The predicted octanol–water partition coefficient (Wildman–Crippen LogP) is 4.94. The monoisotopic (exact) mass is 661 g/mol. The molecule has 0 saturated carbocycles. The quantitative estimate of drug-likeness (QED) is 0.198. The fourth-order valence-electron chi connectivity index (χ4n) is 6.21. The zero-order valence-electron chi connectivity index (χ0n) is 27.7. The van der Waals surface area contributed by atoms with Crippen molar-refractivity contribution in [3.8, 4) is 40.2 Å². The third kappa shape index (κ3) is 6.70. The summed E-state index contributed by atoms with van der Waals surface area (Å²) in [7, 11) is 9.05. The van der Waals surface area contributed by atoms with Gasteiger partial charge in [-0.25, -0.2) is 0 Å². The van der Waals surface area contributed by atoms with Gasteiger partial charge < -0.3 is 43.1 Å². The Morgan fingerprint density at radius 1 is 0.854 bits per heavy atom. The molecule has 1 aliphatic heterocycles. The van der Waals surface area contributed by atoms with E-state index in [0.717, 1.165) is 16.7 Å². The second kappa shape index (κ2) is 14.6. The van der Waals surface area contributed by atoms with E-state index in [1.165, 1.54) is 32.4 Å². The molecule has 0 bridgehead atoms. The summed E-state index contributed by atoms with van der Waals surface area (Å²) in [4.78, 5) is 27.8. The lowest BCUT2D eigenvalue weighted by atomic mass is 9.87. The predicted molar refractivity (Wildman–Crippen MR) is 175 cm³/mol. The molecule has 0 radical (unpaired) electrons. The maximum atomic E-state index is 13.2. The average Bonchev–Trinajstić information content (AvgIpc) is 3.10. The Hall–Kier alpha value is -5.36. The van der Waals surface area contributed by atoms with Gasteiger partial charge in [-0.15, -0.1) is 0 Å². The Kier molecular flexibility index (Phi) is 10.3. The summed E-state index contributed by atoms with van der Waals surface area (Å²) in [6.45, 7) is 0.700. The van der Waals surface area contributed by atoms with Gasteiger partial charge in [0.2, 0.25) is 16.9 Å². The van der Waals surface area contributed by atoms with Gasteiger partial charge in [-0.3, -0.25) is 14.5 Å². The van der Waals surface area contributed by atoms with Crippen LogP contribution in [0.25, 0.3) is 0 Å². The smallest absolute Gasteiger partial charge is 0.306 e. The minimum atomic E-state index is -0.865. The number of carbonyl (C=O) groups excluding carboxylic acids is 1. The molecule has 1 aliphatic rings. The third-order valence-electron chi connectivity index (χ3n) is 8.55. The molecule has 48 heavy (non-hydrogen) atoms. The molecule has 5 rings (SSSR count). The number of esters is 1. The van der Waals surface area contributed by atoms with Crippen LogP contribution in [-0.4, -0.2) is 70.3 Å². The molecular weight excluding hydrogens is 622 g/mol. The van der Waals surface area contributed by atoms with E-state index in [1.54, 1.807) is 40.6 Å². The summed E-state index contributed by atoms with van der Waals surface area (Å²) in [6, 6.07) is 14.6. The van der Waals surface area contributed by atoms with Crippen LogP contribution in [-0.2, 0) is 22.5 Å². The first-order valence-corrected chi connectivity index (χ1v) is 15.2. The van der Waals surface area contributed by atoms with Gasteiger partial charge in [0.15, 0.2) is 28.8 Å². The minimum absolute atomic E-state index is 0.0208. The molecule has 1 aromatic heterocycles. The highest BCUT2D eigenvalue weighted by Gasteiger charge is 2.34. The number of nitrogens with zero attached hydrogens (tertiary/aromatic N) is 1. The number of carbonyl (C=O) groups is 1. The fourth-order valence-corrected chi connectivity index (χ4v) is 6.21. The Balaban J connectivity index is 1.65.